The molecule has 0 saturated heterocycles. The van der Waals surface area contributed by atoms with Crippen molar-refractivity contribution in [2.75, 3.05) is 14.7 Å². The first kappa shape index (κ1) is 39.0. The maximum atomic E-state index is 14.7. The van der Waals surface area contributed by atoms with Crippen LogP contribution < -0.4 is 41.9 Å². The Morgan fingerprint density at radius 2 is 0.841 bits per heavy atom. The summed E-state index contributed by atoms with van der Waals surface area (Å²) in [4.78, 5) is 35.6. The molecular formula is C62H39BN4O2. The van der Waals surface area contributed by atoms with E-state index in [0.717, 1.165) is 73.3 Å². The molecule has 0 radical (unpaired) electrons. The summed E-state index contributed by atoms with van der Waals surface area (Å²) in [5.74, 6) is 0. The number of pyridine rings is 2. The second-order valence-corrected chi connectivity index (χ2v) is 18.0. The Hall–Kier alpha value is -9.20. The predicted molar refractivity (Wildman–Crippen MR) is 288 cm³/mol. The van der Waals surface area contributed by atoms with Crippen LogP contribution in [0.1, 0.15) is 0 Å². The van der Waals surface area contributed by atoms with Crippen LogP contribution in [0.15, 0.2) is 246 Å². The van der Waals surface area contributed by atoms with Crippen molar-refractivity contribution in [2.45, 2.75) is 0 Å². The van der Waals surface area contributed by atoms with Crippen LogP contribution in [0, 0.1) is 0 Å². The molecule has 14 rings (SSSR count). The third kappa shape index (κ3) is 5.80. The highest BCUT2D eigenvalue weighted by Crippen LogP contribution is 2.48. The van der Waals surface area contributed by atoms with Gasteiger partial charge in [-0.15, -0.1) is 0 Å². The van der Waals surface area contributed by atoms with Gasteiger partial charge in [0.15, 0.2) is 10.9 Å². The third-order valence-electron chi connectivity index (χ3n) is 14.2. The van der Waals surface area contributed by atoms with Crippen molar-refractivity contribution >= 4 is 112 Å². The monoisotopic (exact) mass is 882 g/mol. The summed E-state index contributed by atoms with van der Waals surface area (Å²) >= 11 is 0. The van der Waals surface area contributed by atoms with E-state index in [1.54, 1.807) is 0 Å². The minimum atomic E-state index is -0.135. The number of hydrogen-bond donors (Lipinski definition) is 0. The van der Waals surface area contributed by atoms with E-state index in [-0.39, 0.29) is 17.6 Å². The van der Waals surface area contributed by atoms with Crippen LogP contribution >= 0.6 is 0 Å². The molecule has 0 fully saturated rings. The van der Waals surface area contributed by atoms with Crippen molar-refractivity contribution in [3.63, 3.8) is 0 Å². The lowest BCUT2D eigenvalue weighted by Crippen LogP contribution is -2.61. The molecule has 2 aromatic heterocycles. The second kappa shape index (κ2) is 15.2. The average Bonchev–Trinajstić information content (AvgIpc) is 3.41. The summed E-state index contributed by atoms with van der Waals surface area (Å²) in [7, 11) is 0. The van der Waals surface area contributed by atoms with Crippen molar-refractivity contribution in [3.8, 4) is 11.1 Å². The average molecular weight is 883 g/mol. The minimum absolute atomic E-state index is 0.0629. The van der Waals surface area contributed by atoms with Gasteiger partial charge in [-0.05, 0) is 137 Å². The van der Waals surface area contributed by atoms with E-state index in [1.165, 1.54) is 16.4 Å². The van der Waals surface area contributed by atoms with Gasteiger partial charge in [0.2, 0.25) is 0 Å². The summed E-state index contributed by atoms with van der Waals surface area (Å²) in [5.41, 5.74) is 17.3. The van der Waals surface area contributed by atoms with Gasteiger partial charge in [0.1, 0.15) is 0 Å². The fraction of sp³-hybridized carbons (Fsp3) is 0. The lowest BCUT2D eigenvalue weighted by molar-refractivity contribution is 1.23. The van der Waals surface area contributed by atoms with Crippen molar-refractivity contribution in [2.24, 2.45) is 0 Å². The highest BCUT2D eigenvalue weighted by atomic mass is 16.1. The Labute approximate surface area is 397 Å². The first-order valence-corrected chi connectivity index (χ1v) is 23.4. The normalized spacial score (nSPS) is 12.7. The fourth-order valence-electron chi connectivity index (χ4n) is 11.3. The maximum Gasteiger partial charge on any atom is 0.252 e. The molecule has 7 heteroatoms. The quantitative estimate of drug-likeness (QED) is 0.0946. The van der Waals surface area contributed by atoms with Crippen LogP contribution in [0.4, 0.5) is 51.2 Å². The minimum Gasteiger partial charge on any atom is -0.311 e. The number of rotatable bonds is 6. The Morgan fingerprint density at radius 1 is 0.348 bits per heavy atom. The van der Waals surface area contributed by atoms with Crippen LogP contribution in [-0.2, 0) is 0 Å². The molecule has 10 aromatic carbocycles. The van der Waals surface area contributed by atoms with Crippen molar-refractivity contribution in [3.05, 3.63) is 257 Å². The van der Waals surface area contributed by atoms with Gasteiger partial charge in [0, 0.05) is 67.0 Å². The fourth-order valence-corrected chi connectivity index (χ4v) is 11.3. The molecule has 0 amide bonds. The third-order valence-corrected chi connectivity index (χ3v) is 14.2. The molecule has 4 heterocycles. The SMILES string of the molecule is O=c1c2ccccc2n2c3ccc(-c4ccc5c(c4)B4c6ccccc6N(c6ccccc6)c6cc(N(c7ccccc7)c7ccccc7)cc(c64)N5c4ccccc4)cc3c(=O)c3cccc1c32. The van der Waals surface area contributed by atoms with Crippen LogP contribution in [0.2, 0.25) is 0 Å². The van der Waals surface area contributed by atoms with E-state index in [9.17, 15) is 9.59 Å². The van der Waals surface area contributed by atoms with E-state index in [2.05, 4.69) is 207 Å². The van der Waals surface area contributed by atoms with Crippen LogP contribution in [0.5, 0.6) is 0 Å². The zero-order valence-corrected chi connectivity index (χ0v) is 37.2. The maximum absolute atomic E-state index is 14.7. The Morgan fingerprint density at radius 3 is 1.49 bits per heavy atom. The van der Waals surface area contributed by atoms with E-state index >= 15 is 0 Å². The number of anilines is 9. The predicted octanol–water partition coefficient (Wildman–Crippen LogP) is 12.8. The Bertz CT molecular complexity index is 4090. The van der Waals surface area contributed by atoms with E-state index < -0.39 is 0 Å². The van der Waals surface area contributed by atoms with Gasteiger partial charge in [0.05, 0.1) is 22.2 Å². The molecule has 0 unspecified atom stereocenters. The van der Waals surface area contributed by atoms with Gasteiger partial charge in [-0.1, -0.05) is 127 Å². The molecule has 2 aliphatic rings. The number of fused-ring (bicyclic) bond motifs is 8. The van der Waals surface area contributed by atoms with E-state index in [1.807, 2.05) is 48.5 Å². The van der Waals surface area contributed by atoms with E-state index in [4.69, 9.17) is 0 Å². The molecular weight excluding hydrogens is 844 g/mol. The molecule has 0 spiro atoms. The highest BCUT2D eigenvalue weighted by molar-refractivity contribution is 7.00. The zero-order chi connectivity index (χ0) is 45.7. The standard InChI is InChI=1S/C62H39BN4O2/c68-61-47-26-13-15-30-53(47)67-54-34-32-40(36-50(54)62(69)49-28-17-27-48(61)60(49)67)41-33-35-56-52(37-41)63-51-29-14-16-31-55(51)65(44-22-9-3-10-23-44)57-38-46(39-58(59(57)63)66(56)45-24-11-4-12-25-45)64(42-18-5-1-6-19-42)43-20-7-2-8-21-43/h1-39H. The molecule has 0 bridgehead atoms. The van der Waals surface area contributed by atoms with Crippen LogP contribution in [0.3, 0.4) is 0 Å². The Balaban J connectivity index is 1.04. The first-order valence-electron chi connectivity index (χ1n) is 23.4. The lowest BCUT2D eigenvalue weighted by atomic mass is 9.33. The summed E-state index contributed by atoms with van der Waals surface area (Å²) in [6.45, 7) is -0.135. The van der Waals surface area contributed by atoms with Crippen molar-refractivity contribution < 1.29 is 0 Å². The molecule has 322 valence electrons. The highest BCUT2D eigenvalue weighted by Gasteiger charge is 2.44. The lowest BCUT2D eigenvalue weighted by Gasteiger charge is -2.45. The van der Waals surface area contributed by atoms with Gasteiger partial charge < -0.3 is 19.1 Å². The number of nitrogens with zero attached hydrogens (tertiary/aromatic N) is 4. The molecule has 0 N–H and O–H groups in total. The van der Waals surface area contributed by atoms with Crippen molar-refractivity contribution in [1.29, 1.82) is 0 Å². The number of benzene rings is 10. The molecule has 0 atom stereocenters. The van der Waals surface area contributed by atoms with E-state index in [0.29, 0.717) is 27.1 Å². The zero-order valence-electron chi connectivity index (χ0n) is 37.2. The van der Waals surface area contributed by atoms with Crippen molar-refractivity contribution in [1.82, 2.24) is 4.40 Å². The van der Waals surface area contributed by atoms with Gasteiger partial charge in [-0.3, -0.25) is 9.59 Å². The summed E-state index contributed by atoms with van der Waals surface area (Å²) in [6.07, 6.45) is 0. The Kier molecular flexibility index (Phi) is 8.58. The first-order chi connectivity index (χ1) is 34.1. The van der Waals surface area contributed by atoms with Crippen LogP contribution in [0.25, 0.3) is 49.2 Å². The summed E-state index contributed by atoms with van der Waals surface area (Å²) < 4.78 is 2.10. The van der Waals surface area contributed by atoms with Gasteiger partial charge in [0.25, 0.3) is 6.71 Å². The molecule has 0 saturated carbocycles. The largest absolute Gasteiger partial charge is 0.311 e. The molecule has 2 aliphatic heterocycles. The smallest absolute Gasteiger partial charge is 0.252 e. The number of hydrogen-bond acceptors (Lipinski definition) is 5. The second-order valence-electron chi connectivity index (χ2n) is 18.0. The van der Waals surface area contributed by atoms with Gasteiger partial charge in [-0.25, -0.2) is 0 Å². The molecule has 6 nitrogen and oxygen atoms in total. The van der Waals surface area contributed by atoms with Gasteiger partial charge in [-0.2, -0.15) is 0 Å². The topological polar surface area (TPSA) is 48.3 Å². The summed E-state index contributed by atoms with van der Waals surface area (Å²) in [5, 5.41) is 2.31. The van der Waals surface area contributed by atoms with Gasteiger partial charge >= 0.3 is 0 Å². The van der Waals surface area contributed by atoms with Crippen LogP contribution in [-0.4, -0.2) is 11.1 Å². The molecule has 69 heavy (non-hydrogen) atoms. The molecule has 12 aromatic rings. The number of aromatic nitrogens is 1. The number of para-hydroxylation sites is 7. The summed E-state index contributed by atoms with van der Waals surface area (Å²) in [6, 6.07) is 82.4. The molecule has 0 aliphatic carbocycles.